The van der Waals surface area contributed by atoms with Crippen LogP contribution in [0.2, 0.25) is 0 Å². The van der Waals surface area contributed by atoms with Crippen molar-refractivity contribution in [1.82, 2.24) is 4.98 Å². The zero-order valence-corrected chi connectivity index (χ0v) is 15.3. The first kappa shape index (κ1) is 16.0. The summed E-state index contributed by atoms with van der Waals surface area (Å²) in [4.78, 5) is 17.2. The van der Waals surface area contributed by atoms with Crippen molar-refractivity contribution in [2.24, 2.45) is 0 Å². The van der Waals surface area contributed by atoms with E-state index < -0.39 is 0 Å². The molecule has 0 fully saturated rings. The van der Waals surface area contributed by atoms with Crippen LogP contribution < -0.4 is 5.32 Å². The molecule has 1 aromatic heterocycles. The lowest BCUT2D eigenvalue weighted by Gasteiger charge is -2.04. The summed E-state index contributed by atoms with van der Waals surface area (Å²) in [6, 6.07) is 26.6. The minimum Gasteiger partial charge on any atom is -0.302 e. The monoisotopic (exact) mass is 368 g/mol. The van der Waals surface area contributed by atoms with E-state index in [0.717, 1.165) is 31.9 Å². The molecule has 4 aromatic carbocycles. The minimum absolute atomic E-state index is 0.0476. The van der Waals surface area contributed by atoms with Crippen LogP contribution in [0.3, 0.4) is 0 Å². The molecular formula is C23H16N2OS. The lowest BCUT2D eigenvalue weighted by Crippen LogP contribution is -2.14. The molecular weight excluding hydrogens is 352 g/mol. The van der Waals surface area contributed by atoms with Gasteiger partial charge in [0.05, 0.1) is 16.6 Å². The van der Waals surface area contributed by atoms with Crippen molar-refractivity contribution in [2.45, 2.75) is 6.42 Å². The number of anilines is 1. The third-order valence-electron chi connectivity index (χ3n) is 4.71. The van der Waals surface area contributed by atoms with Gasteiger partial charge in [-0.15, -0.1) is 0 Å². The fourth-order valence-electron chi connectivity index (χ4n) is 3.41. The van der Waals surface area contributed by atoms with Crippen molar-refractivity contribution in [3.63, 3.8) is 0 Å². The summed E-state index contributed by atoms with van der Waals surface area (Å²) in [5.41, 5.74) is 1.94. The van der Waals surface area contributed by atoms with E-state index in [1.165, 1.54) is 16.7 Å². The predicted octanol–water partition coefficient (Wildman–Crippen LogP) is 5.78. The maximum absolute atomic E-state index is 12.5. The van der Waals surface area contributed by atoms with Crippen LogP contribution in [-0.4, -0.2) is 10.9 Å². The Morgan fingerprint density at radius 2 is 1.59 bits per heavy atom. The molecule has 27 heavy (non-hydrogen) atoms. The molecule has 0 aliphatic carbocycles. The van der Waals surface area contributed by atoms with Crippen molar-refractivity contribution in [2.75, 3.05) is 5.32 Å². The van der Waals surface area contributed by atoms with Crippen molar-refractivity contribution in [3.8, 4) is 0 Å². The number of aromatic nitrogens is 1. The highest BCUT2D eigenvalue weighted by atomic mass is 32.1. The van der Waals surface area contributed by atoms with E-state index in [9.17, 15) is 4.79 Å². The van der Waals surface area contributed by atoms with E-state index >= 15 is 0 Å². The van der Waals surface area contributed by atoms with Crippen LogP contribution >= 0.6 is 11.3 Å². The normalized spacial score (nSPS) is 11.3. The minimum atomic E-state index is -0.0476. The Bertz CT molecular complexity index is 1310. The number of carbonyl (C=O) groups is 1. The molecule has 1 N–H and O–H groups in total. The smallest absolute Gasteiger partial charge is 0.230 e. The van der Waals surface area contributed by atoms with Crippen LogP contribution in [-0.2, 0) is 11.2 Å². The number of carbonyl (C=O) groups excluding carboxylic acids is 1. The van der Waals surface area contributed by atoms with Crippen molar-refractivity contribution in [1.29, 1.82) is 0 Å². The molecule has 0 saturated carbocycles. The van der Waals surface area contributed by atoms with Gasteiger partial charge in [0.1, 0.15) is 0 Å². The lowest BCUT2D eigenvalue weighted by atomic mass is 10.1. The molecule has 5 rings (SSSR count). The van der Waals surface area contributed by atoms with Crippen molar-refractivity contribution in [3.05, 3.63) is 84.4 Å². The summed E-state index contributed by atoms with van der Waals surface area (Å²) in [5, 5.41) is 8.20. The first-order valence-electron chi connectivity index (χ1n) is 8.82. The topological polar surface area (TPSA) is 42.0 Å². The number of nitrogens with zero attached hydrogens (tertiary/aromatic N) is 1. The van der Waals surface area contributed by atoms with E-state index in [0.29, 0.717) is 11.6 Å². The number of amides is 1. The summed E-state index contributed by atoms with van der Waals surface area (Å²) >= 11 is 1.51. The van der Waals surface area contributed by atoms with Gasteiger partial charge in [-0.3, -0.25) is 4.79 Å². The maximum atomic E-state index is 12.5. The van der Waals surface area contributed by atoms with Gasteiger partial charge < -0.3 is 5.32 Å². The van der Waals surface area contributed by atoms with Gasteiger partial charge in [-0.2, -0.15) is 0 Å². The van der Waals surface area contributed by atoms with Gasteiger partial charge in [-0.1, -0.05) is 84.1 Å². The first-order chi connectivity index (χ1) is 13.3. The van der Waals surface area contributed by atoms with Gasteiger partial charge in [0.2, 0.25) is 5.91 Å². The second kappa shape index (κ2) is 6.49. The molecule has 5 aromatic rings. The van der Waals surface area contributed by atoms with Crippen LogP contribution in [0, 0.1) is 0 Å². The zero-order valence-electron chi connectivity index (χ0n) is 14.5. The van der Waals surface area contributed by atoms with E-state index in [1.807, 2.05) is 30.3 Å². The SMILES string of the molecule is O=C(Cc1ccc2ccccc2c1)Nc1nc2c(ccc3ccccc32)s1. The van der Waals surface area contributed by atoms with Crippen LogP contribution in [0.5, 0.6) is 0 Å². The van der Waals surface area contributed by atoms with Gasteiger partial charge in [0.15, 0.2) is 5.13 Å². The van der Waals surface area contributed by atoms with E-state index in [-0.39, 0.29) is 5.91 Å². The average molecular weight is 368 g/mol. The molecule has 0 radical (unpaired) electrons. The van der Waals surface area contributed by atoms with Gasteiger partial charge in [-0.25, -0.2) is 4.98 Å². The van der Waals surface area contributed by atoms with Gasteiger partial charge in [-0.05, 0) is 27.8 Å². The molecule has 0 aliphatic rings. The summed E-state index contributed by atoms with van der Waals surface area (Å²) in [7, 11) is 0. The molecule has 4 heteroatoms. The van der Waals surface area contributed by atoms with Crippen molar-refractivity contribution < 1.29 is 4.79 Å². The molecule has 0 aliphatic heterocycles. The number of thiazole rings is 1. The second-order valence-corrected chi connectivity index (χ2v) is 7.59. The Labute approximate surface area is 160 Å². The number of hydrogen-bond donors (Lipinski definition) is 1. The number of benzene rings is 4. The molecule has 1 amide bonds. The maximum Gasteiger partial charge on any atom is 0.230 e. The Hall–Kier alpha value is -3.24. The number of hydrogen-bond acceptors (Lipinski definition) is 3. The second-order valence-electron chi connectivity index (χ2n) is 6.56. The number of fused-ring (bicyclic) bond motifs is 4. The van der Waals surface area contributed by atoms with E-state index in [4.69, 9.17) is 0 Å². The summed E-state index contributed by atoms with van der Waals surface area (Å²) in [5.74, 6) is -0.0476. The molecule has 1 heterocycles. The Balaban J connectivity index is 1.40. The van der Waals surface area contributed by atoms with E-state index in [1.54, 1.807) is 0 Å². The van der Waals surface area contributed by atoms with Crippen LogP contribution in [0.1, 0.15) is 5.56 Å². The largest absolute Gasteiger partial charge is 0.302 e. The van der Waals surface area contributed by atoms with Gasteiger partial charge in [0.25, 0.3) is 0 Å². The third kappa shape index (κ3) is 3.04. The average Bonchev–Trinajstić information content (AvgIpc) is 3.10. The summed E-state index contributed by atoms with van der Waals surface area (Å²) < 4.78 is 1.08. The first-order valence-corrected chi connectivity index (χ1v) is 9.64. The van der Waals surface area contributed by atoms with Crippen molar-refractivity contribution >= 4 is 54.1 Å². The third-order valence-corrected chi connectivity index (χ3v) is 5.64. The zero-order chi connectivity index (χ0) is 18.2. The Morgan fingerprint density at radius 3 is 2.48 bits per heavy atom. The fourth-order valence-corrected chi connectivity index (χ4v) is 4.31. The highest BCUT2D eigenvalue weighted by Crippen LogP contribution is 2.31. The lowest BCUT2D eigenvalue weighted by molar-refractivity contribution is -0.115. The fraction of sp³-hybridized carbons (Fsp3) is 0.0435. The summed E-state index contributed by atoms with van der Waals surface area (Å²) in [6.07, 6.45) is 0.335. The Morgan fingerprint density at radius 1 is 0.852 bits per heavy atom. The highest BCUT2D eigenvalue weighted by molar-refractivity contribution is 7.22. The number of nitrogens with one attached hydrogen (secondary N) is 1. The van der Waals surface area contributed by atoms with Crippen LogP contribution in [0.15, 0.2) is 78.9 Å². The quantitative estimate of drug-likeness (QED) is 0.438. The molecule has 0 bridgehead atoms. The molecule has 0 spiro atoms. The van der Waals surface area contributed by atoms with Crippen LogP contribution in [0.25, 0.3) is 31.8 Å². The standard InChI is InChI=1S/C23H16N2OS/c26-21(14-15-9-10-16-5-1-2-7-18(16)13-15)24-23-25-22-19-8-4-3-6-17(19)11-12-20(22)27-23/h1-13H,14H2,(H,24,25,26). The van der Waals surface area contributed by atoms with Crippen LogP contribution in [0.4, 0.5) is 5.13 Å². The highest BCUT2D eigenvalue weighted by Gasteiger charge is 2.11. The van der Waals surface area contributed by atoms with Gasteiger partial charge in [0, 0.05) is 5.39 Å². The molecule has 130 valence electrons. The van der Waals surface area contributed by atoms with E-state index in [2.05, 4.69) is 58.8 Å². The predicted molar refractivity (Wildman–Crippen MR) is 113 cm³/mol. The molecule has 0 saturated heterocycles. The molecule has 0 unspecified atom stereocenters. The number of rotatable bonds is 3. The van der Waals surface area contributed by atoms with Gasteiger partial charge >= 0.3 is 0 Å². The summed E-state index contributed by atoms with van der Waals surface area (Å²) in [6.45, 7) is 0. The molecule has 3 nitrogen and oxygen atoms in total. The Kier molecular flexibility index (Phi) is 3.84. The molecule has 0 atom stereocenters.